The van der Waals surface area contributed by atoms with Crippen LogP contribution in [0.2, 0.25) is 0 Å². The molecule has 172 valence electrons. The topological polar surface area (TPSA) is 93.4 Å². The molecule has 5 rings (SSSR count). The van der Waals surface area contributed by atoms with E-state index >= 15 is 0 Å². The highest BCUT2D eigenvalue weighted by Gasteiger charge is 2.20. The van der Waals surface area contributed by atoms with Crippen LogP contribution in [0.3, 0.4) is 0 Å². The van der Waals surface area contributed by atoms with Gasteiger partial charge < -0.3 is 15.4 Å². The van der Waals surface area contributed by atoms with Crippen LogP contribution < -0.4 is 10.6 Å². The highest BCUT2D eigenvalue weighted by atomic mass is 16.5. The van der Waals surface area contributed by atoms with Crippen LogP contribution in [0.4, 0.5) is 17.1 Å². The van der Waals surface area contributed by atoms with Crippen molar-refractivity contribution in [2.75, 3.05) is 17.2 Å². The Morgan fingerprint density at radius 3 is 2.79 bits per heavy atom. The number of benzene rings is 2. The molecule has 0 saturated heterocycles. The van der Waals surface area contributed by atoms with Crippen molar-refractivity contribution in [2.24, 2.45) is 4.99 Å². The average Bonchev–Trinajstić information content (AvgIpc) is 3.05. The summed E-state index contributed by atoms with van der Waals surface area (Å²) in [5.41, 5.74) is 6.63. The third-order valence-electron chi connectivity index (χ3n) is 5.74. The van der Waals surface area contributed by atoms with Gasteiger partial charge >= 0.3 is 0 Å². The van der Waals surface area contributed by atoms with Gasteiger partial charge in [-0.1, -0.05) is 18.2 Å². The van der Waals surface area contributed by atoms with E-state index in [0.717, 1.165) is 33.8 Å². The summed E-state index contributed by atoms with van der Waals surface area (Å²) < 4.78 is 7.72. The van der Waals surface area contributed by atoms with Crippen molar-refractivity contribution >= 4 is 39.7 Å². The molecule has 8 heteroatoms. The standard InChI is InChI=1S/C26H26N6O2/c1-4-34-17(3)29-20-6-5-7-21-26(20)31-22(14-25(33)30-21)18-8-10-19(11-9-18)32-16(2)28-23-15-27-13-12-24(23)32/h5-13,15,17,29H,4,14H2,1-3H3,(H,30,33). The molecule has 1 aliphatic rings. The fourth-order valence-electron chi connectivity index (χ4n) is 4.26. The predicted molar refractivity (Wildman–Crippen MR) is 134 cm³/mol. The van der Waals surface area contributed by atoms with Crippen LogP contribution in [0.15, 0.2) is 65.9 Å². The van der Waals surface area contributed by atoms with Gasteiger partial charge in [0.1, 0.15) is 23.3 Å². The van der Waals surface area contributed by atoms with E-state index < -0.39 is 0 Å². The first-order valence-electron chi connectivity index (χ1n) is 11.3. The Labute approximate surface area is 197 Å². The number of amides is 1. The molecule has 1 unspecified atom stereocenters. The van der Waals surface area contributed by atoms with Crippen molar-refractivity contribution in [3.8, 4) is 5.69 Å². The minimum absolute atomic E-state index is 0.0967. The van der Waals surface area contributed by atoms with E-state index in [1.165, 1.54) is 0 Å². The van der Waals surface area contributed by atoms with Crippen LogP contribution in [-0.4, -0.2) is 39.0 Å². The maximum atomic E-state index is 12.7. The zero-order chi connectivity index (χ0) is 23.7. The maximum absolute atomic E-state index is 12.7. The molecular formula is C26H26N6O2. The number of nitrogens with one attached hydrogen (secondary N) is 2. The highest BCUT2D eigenvalue weighted by molar-refractivity contribution is 6.17. The minimum atomic E-state index is -0.183. The largest absolute Gasteiger partial charge is 0.359 e. The summed E-state index contributed by atoms with van der Waals surface area (Å²) in [6.45, 7) is 6.47. The second-order valence-corrected chi connectivity index (χ2v) is 8.13. The van der Waals surface area contributed by atoms with Crippen molar-refractivity contribution in [2.45, 2.75) is 33.4 Å². The quantitative estimate of drug-likeness (QED) is 0.401. The first-order chi connectivity index (χ1) is 16.5. The number of pyridine rings is 1. The molecule has 1 atom stereocenters. The lowest BCUT2D eigenvalue weighted by atomic mass is 10.1. The monoisotopic (exact) mass is 454 g/mol. The summed E-state index contributed by atoms with van der Waals surface area (Å²) in [5.74, 6) is 0.788. The van der Waals surface area contributed by atoms with Gasteiger partial charge in [-0.2, -0.15) is 0 Å². The van der Waals surface area contributed by atoms with Crippen molar-refractivity contribution in [1.82, 2.24) is 14.5 Å². The lowest BCUT2D eigenvalue weighted by Crippen LogP contribution is -2.19. The number of aromatic nitrogens is 3. The fraction of sp³-hybridized carbons (Fsp3) is 0.231. The zero-order valence-electron chi connectivity index (χ0n) is 19.4. The van der Waals surface area contributed by atoms with Gasteiger partial charge in [-0.05, 0) is 56.7 Å². The Balaban J connectivity index is 1.52. The number of hydrogen-bond acceptors (Lipinski definition) is 6. The number of fused-ring (bicyclic) bond motifs is 2. The van der Waals surface area contributed by atoms with Crippen molar-refractivity contribution in [3.05, 3.63) is 72.3 Å². The molecule has 0 radical (unpaired) electrons. The third kappa shape index (κ3) is 4.15. The highest BCUT2D eigenvalue weighted by Crippen LogP contribution is 2.37. The number of hydrogen-bond donors (Lipinski definition) is 2. The van der Waals surface area contributed by atoms with Gasteiger partial charge in [-0.15, -0.1) is 0 Å². The second-order valence-electron chi connectivity index (χ2n) is 8.13. The van der Waals surface area contributed by atoms with Gasteiger partial charge in [0, 0.05) is 18.5 Å². The first kappa shape index (κ1) is 21.8. The molecule has 0 aliphatic carbocycles. The molecule has 2 N–H and O–H groups in total. The Kier molecular flexibility index (Phi) is 5.81. The number of para-hydroxylation sites is 1. The van der Waals surface area contributed by atoms with Crippen LogP contribution >= 0.6 is 0 Å². The number of carbonyl (C=O) groups is 1. The van der Waals surface area contributed by atoms with Gasteiger partial charge in [-0.3, -0.25) is 14.3 Å². The first-order valence-corrected chi connectivity index (χ1v) is 11.3. The molecule has 0 fully saturated rings. The number of rotatable bonds is 6. The third-order valence-corrected chi connectivity index (χ3v) is 5.74. The normalized spacial score (nSPS) is 14.2. The van der Waals surface area contributed by atoms with E-state index in [2.05, 4.69) is 25.2 Å². The summed E-state index contributed by atoms with van der Waals surface area (Å²) in [6, 6.07) is 15.7. The number of anilines is 2. The summed E-state index contributed by atoms with van der Waals surface area (Å²) >= 11 is 0. The van der Waals surface area contributed by atoms with Gasteiger partial charge in [0.25, 0.3) is 0 Å². The molecule has 4 aromatic rings. The number of carbonyl (C=O) groups excluding carboxylic acids is 1. The van der Waals surface area contributed by atoms with Crippen LogP contribution in [-0.2, 0) is 9.53 Å². The molecule has 0 bridgehead atoms. The Bertz CT molecular complexity index is 1390. The predicted octanol–water partition coefficient (Wildman–Crippen LogP) is 4.99. The molecule has 0 spiro atoms. The van der Waals surface area contributed by atoms with Crippen LogP contribution in [0, 0.1) is 6.92 Å². The Morgan fingerprint density at radius 1 is 1.18 bits per heavy atom. The van der Waals surface area contributed by atoms with E-state index in [1.54, 1.807) is 12.4 Å². The van der Waals surface area contributed by atoms with E-state index in [1.807, 2.05) is 69.3 Å². The smallest absolute Gasteiger partial charge is 0.230 e. The maximum Gasteiger partial charge on any atom is 0.230 e. The van der Waals surface area contributed by atoms with Crippen molar-refractivity contribution in [1.29, 1.82) is 0 Å². The molecule has 3 heterocycles. The molecule has 2 aromatic heterocycles. The summed E-state index contributed by atoms with van der Waals surface area (Å²) in [6.07, 6.45) is 3.54. The van der Waals surface area contributed by atoms with Crippen LogP contribution in [0.25, 0.3) is 16.7 Å². The molecule has 8 nitrogen and oxygen atoms in total. The Hall–Kier alpha value is -4.04. The summed E-state index contributed by atoms with van der Waals surface area (Å²) in [7, 11) is 0. The summed E-state index contributed by atoms with van der Waals surface area (Å²) in [5, 5.41) is 6.32. The lowest BCUT2D eigenvalue weighted by molar-refractivity contribution is -0.115. The minimum Gasteiger partial charge on any atom is -0.359 e. The van der Waals surface area contributed by atoms with Gasteiger partial charge in [-0.25, -0.2) is 9.98 Å². The molecule has 34 heavy (non-hydrogen) atoms. The van der Waals surface area contributed by atoms with Gasteiger partial charge in [0.05, 0.1) is 35.2 Å². The number of aryl methyl sites for hydroxylation is 1. The van der Waals surface area contributed by atoms with Crippen LogP contribution in [0.5, 0.6) is 0 Å². The molecular weight excluding hydrogens is 428 g/mol. The molecule has 1 aliphatic heterocycles. The number of nitrogens with zero attached hydrogens (tertiary/aromatic N) is 4. The zero-order valence-corrected chi connectivity index (χ0v) is 19.4. The fourth-order valence-corrected chi connectivity index (χ4v) is 4.26. The van der Waals surface area contributed by atoms with E-state index in [-0.39, 0.29) is 18.6 Å². The van der Waals surface area contributed by atoms with E-state index in [4.69, 9.17) is 9.73 Å². The lowest BCUT2D eigenvalue weighted by Gasteiger charge is -2.18. The van der Waals surface area contributed by atoms with Gasteiger partial charge in [0.2, 0.25) is 5.91 Å². The number of aliphatic imine (C=N–C) groups is 1. The summed E-state index contributed by atoms with van der Waals surface area (Å²) in [4.78, 5) is 26.3. The van der Waals surface area contributed by atoms with Crippen molar-refractivity contribution < 1.29 is 9.53 Å². The molecule has 2 aromatic carbocycles. The molecule has 1 amide bonds. The average molecular weight is 455 g/mol. The van der Waals surface area contributed by atoms with Crippen LogP contribution in [0.1, 0.15) is 31.7 Å². The SMILES string of the molecule is CCOC(C)Nc1cccc2c1N=C(c1ccc(-n3c(C)nc4cnccc43)cc1)CC(=O)N2. The van der Waals surface area contributed by atoms with Crippen molar-refractivity contribution in [3.63, 3.8) is 0 Å². The molecule has 0 saturated carbocycles. The van der Waals surface area contributed by atoms with E-state index in [0.29, 0.717) is 23.7 Å². The second kappa shape index (κ2) is 9.07. The van der Waals surface area contributed by atoms with E-state index in [9.17, 15) is 4.79 Å². The number of imidazole rings is 1. The van der Waals surface area contributed by atoms with Gasteiger partial charge in [0.15, 0.2) is 0 Å². The Morgan fingerprint density at radius 2 is 2.00 bits per heavy atom. The number of ether oxygens (including phenoxy) is 1.